The monoisotopic (exact) mass is 208 g/mol. The first-order chi connectivity index (χ1) is 7.09. The standard InChI is InChI=1S/C10H14N3O2/c1-8-4-6-11-10(12-8)15-7-5-9(14)13(2)3/h6H,5,7H2,1-3H3. The second-order valence-corrected chi connectivity index (χ2v) is 3.27. The Kier molecular flexibility index (Phi) is 4.03. The molecular weight excluding hydrogens is 194 g/mol. The van der Waals surface area contributed by atoms with Crippen molar-refractivity contribution in [3.05, 3.63) is 18.0 Å². The first-order valence-electron chi connectivity index (χ1n) is 4.64. The van der Waals surface area contributed by atoms with Gasteiger partial charge in [-0.05, 0) is 6.92 Å². The number of aromatic nitrogens is 2. The van der Waals surface area contributed by atoms with Gasteiger partial charge in [-0.25, -0.2) is 4.98 Å². The van der Waals surface area contributed by atoms with Crippen molar-refractivity contribution in [2.75, 3.05) is 20.7 Å². The van der Waals surface area contributed by atoms with Crippen LogP contribution in [0.4, 0.5) is 0 Å². The predicted molar refractivity (Wildman–Crippen MR) is 54.4 cm³/mol. The third kappa shape index (κ3) is 3.93. The van der Waals surface area contributed by atoms with Gasteiger partial charge in [-0.2, -0.15) is 4.98 Å². The summed E-state index contributed by atoms with van der Waals surface area (Å²) in [4.78, 5) is 20.6. The Morgan fingerprint density at radius 3 is 2.93 bits per heavy atom. The first-order valence-corrected chi connectivity index (χ1v) is 4.64. The highest BCUT2D eigenvalue weighted by Gasteiger charge is 2.04. The molecule has 0 aromatic carbocycles. The average molecular weight is 208 g/mol. The van der Waals surface area contributed by atoms with E-state index in [-0.39, 0.29) is 11.9 Å². The minimum absolute atomic E-state index is 0.0224. The van der Waals surface area contributed by atoms with Gasteiger partial charge in [0.05, 0.1) is 12.1 Å². The summed E-state index contributed by atoms with van der Waals surface area (Å²) < 4.78 is 5.22. The maximum Gasteiger partial charge on any atom is 0.316 e. The van der Waals surface area contributed by atoms with E-state index < -0.39 is 0 Å². The summed E-state index contributed by atoms with van der Waals surface area (Å²) in [6.45, 7) is 2.10. The predicted octanol–water partition coefficient (Wildman–Crippen LogP) is 0.442. The van der Waals surface area contributed by atoms with Gasteiger partial charge >= 0.3 is 6.01 Å². The average Bonchev–Trinajstić information content (AvgIpc) is 2.17. The van der Waals surface area contributed by atoms with Crippen molar-refractivity contribution >= 4 is 5.91 Å². The molecule has 1 amide bonds. The Bertz CT molecular complexity index is 339. The van der Waals surface area contributed by atoms with Gasteiger partial charge in [0.1, 0.15) is 6.61 Å². The Hall–Kier alpha value is -1.65. The molecule has 0 saturated heterocycles. The van der Waals surface area contributed by atoms with E-state index in [1.807, 2.05) is 0 Å². The normalized spacial score (nSPS) is 9.80. The lowest BCUT2D eigenvalue weighted by Crippen LogP contribution is -2.23. The molecule has 81 valence electrons. The van der Waals surface area contributed by atoms with Crippen molar-refractivity contribution in [2.24, 2.45) is 0 Å². The zero-order valence-electron chi connectivity index (χ0n) is 9.15. The number of hydrogen-bond acceptors (Lipinski definition) is 4. The molecule has 0 unspecified atom stereocenters. The molecule has 1 radical (unpaired) electrons. The van der Waals surface area contributed by atoms with Crippen LogP contribution in [0.15, 0.2) is 6.20 Å². The largest absolute Gasteiger partial charge is 0.463 e. The molecule has 0 aliphatic heterocycles. The van der Waals surface area contributed by atoms with Crippen LogP contribution in [0.3, 0.4) is 0 Å². The molecule has 0 fully saturated rings. The van der Waals surface area contributed by atoms with Crippen LogP contribution in [0.5, 0.6) is 6.01 Å². The van der Waals surface area contributed by atoms with Crippen molar-refractivity contribution in [1.29, 1.82) is 0 Å². The molecule has 1 aromatic rings. The van der Waals surface area contributed by atoms with Crippen molar-refractivity contribution in [3.8, 4) is 6.01 Å². The minimum atomic E-state index is 0.0224. The number of aryl methyl sites for hydroxylation is 1. The van der Waals surface area contributed by atoms with Crippen LogP contribution < -0.4 is 4.74 Å². The fourth-order valence-corrected chi connectivity index (χ4v) is 0.908. The molecule has 0 N–H and O–H groups in total. The summed E-state index contributed by atoms with van der Waals surface area (Å²) in [5.41, 5.74) is 0.721. The van der Waals surface area contributed by atoms with Crippen molar-refractivity contribution in [2.45, 2.75) is 13.3 Å². The van der Waals surface area contributed by atoms with E-state index >= 15 is 0 Å². The molecule has 0 atom stereocenters. The van der Waals surface area contributed by atoms with Crippen LogP contribution in [0.1, 0.15) is 12.1 Å². The number of amides is 1. The second kappa shape index (κ2) is 5.29. The van der Waals surface area contributed by atoms with Crippen LogP contribution in [-0.2, 0) is 4.79 Å². The van der Waals surface area contributed by atoms with Gasteiger partial charge in [-0.1, -0.05) is 0 Å². The Morgan fingerprint density at radius 2 is 2.33 bits per heavy atom. The minimum Gasteiger partial charge on any atom is -0.463 e. The lowest BCUT2D eigenvalue weighted by atomic mass is 10.4. The molecule has 5 nitrogen and oxygen atoms in total. The number of ether oxygens (including phenoxy) is 1. The lowest BCUT2D eigenvalue weighted by Gasteiger charge is -2.09. The van der Waals surface area contributed by atoms with E-state index in [2.05, 4.69) is 16.0 Å². The zero-order valence-corrected chi connectivity index (χ0v) is 9.15. The van der Waals surface area contributed by atoms with Gasteiger partial charge in [-0.15, -0.1) is 0 Å². The van der Waals surface area contributed by atoms with Crippen LogP contribution in [0, 0.1) is 13.0 Å². The number of rotatable bonds is 4. The van der Waals surface area contributed by atoms with E-state index in [0.29, 0.717) is 13.0 Å². The molecule has 1 aromatic heterocycles. The molecule has 0 aliphatic carbocycles. The summed E-state index contributed by atoms with van der Waals surface area (Å²) in [5, 5.41) is 0. The summed E-state index contributed by atoms with van der Waals surface area (Å²) in [5.74, 6) is 0.0224. The summed E-state index contributed by atoms with van der Waals surface area (Å²) >= 11 is 0. The molecule has 0 saturated carbocycles. The van der Waals surface area contributed by atoms with Gasteiger partial charge in [0.15, 0.2) is 0 Å². The van der Waals surface area contributed by atoms with Crippen LogP contribution >= 0.6 is 0 Å². The van der Waals surface area contributed by atoms with Crippen LogP contribution in [-0.4, -0.2) is 41.5 Å². The highest BCUT2D eigenvalue weighted by molar-refractivity contribution is 5.75. The molecule has 15 heavy (non-hydrogen) atoms. The van der Waals surface area contributed by atoms with Crippen molar-refractivity contribution in [1.82, 2.24) is 14.9 Å². The summed E-state index contributed by atoms with van der Waals surface area (Å²) in [7, 11) is 3.42. The van der Waals surface area contributed by atoms with E-state index in [9.17, 15) is 4.79 Å². The van der Waals surface area contributed by atoms with E-state index in [1.165, 1.54) is 11.1 Å². The second-order valence-electron chi connectivity index (χ2n) is 3.27. The summed E-state index contributed by atoms with van der Waals surface area (Å²) in [6.07, 6.45) is 1.83. The number of carbonyl (C=O) groups is 1. The maximum absolute atomic E-state index is 11.2. The highest BCUT2D eigenvalue weighted by atomic mass is 16.5. The molecule has 5 heteroatoms. The van der Waals surface area contributed by atoms with Crippen LogP contribution in [0.25, 0.3) is 0 Å². The highest BCUT2D eigenvalue weighted by Crippen LogP contribution is 2.01. The molecule has 1 heterocycles. The molecule has 0 aliphatic rings. The van der Waals surface area contributed by atoms with Gasteiger partial charge in [0, 0.05) is 26.4 Å². The number of nitrogens with zero attached hydrogens (tertiary/aromatic N) is 3. The topological polar surface area (TPSA) is 55.3 Å². The fourth-order valence-electron chi connectivity index (χ4n) is 0.908. The van der Waals surface area contributed by atoms with Crippen LogP contribution in [0.2, 0.25) is 0 Å². The first kappa shape index (κ1) is 11.4. The SMILES string of the molecule is Cc1[c]cnc(OCCC(=O)N(C)C)n1. The van der Waals surface area contributed by atoms with Crippen molar-refractivity contribution < 1.29 is 9.53 Å². The number of carbonyl (C=O) groups excluding carboxylic acids is 1. The van der Waals surface area contributed by atoms with Gasteiger partial charge in [0.2, 0.25) is 5.91 Å². The quantitative estimate of drug-likeness (QED) is 0.720. The smallest absolute Gasteiger partial charge is 0.316 e. The van der Waals surface area contributed by atoms with E-state index in [1.54, 1.807) is 21.0 Å². The molecule has 0 spiro atoms. The third-order valence-corrected chi connectivity index (χ3v) is 1.76. The Labute approximate surface area is 89.1 Å². The Morgan fingerprint density at radius 1 is 1.60 bits per heavy atom. The maximum atomic E-state index is 11.2. The van der Waals surface area contributed by atoms with E-state index in [0.717, 1.165) is 5.69 Å². The molecule has 1 rings (SSSR count). The van der Waals surface area contributed by atoms with Gasteiger partial charge in [0.25, 0.3) is 0 Å². The molecular formula is C10H14N3O2. The molecule has 0 bridgehead atoms. The fraction of sp³-hybridized carbons (Fsp3) is 0.500. The van der Waals surface area contributed by atoms with Gasteiger partial charge < -0.3 is 9.64 Å². The van der Waals surface area contributed by atoms with Crippen molar-refractivity contribution in [3.63, 3.8) is 0 Å². The zero-order chi connectivity index (χ0) is 11.3. The number of hydrogen-bond donors (Lipinski definition) is 0. The van der Waals surface area contributed by atoms with Gasteiger partial charge in [-0.3, -0.25) is 4.79 Å². The summed E-state index contributed by atoms with van der Waals surface area (Å²) in [6, 6.07) is 3.10. The third-order valence-electron chi connectivity index (χ3n) is 1.76. The lowest BCUT2D eigenvalue weighted by molar-refractivity contribution is -0.129. The van der Waals surface area contributed by atoms with E-state index in [4.69, 9.17) is 4.74 Å². The Balaban J connectivity index is 2.35.